The summed E-state index contributed by atoms with van der Waals surface area (Å²) in [6.07, 6.45) is -2.18. The number of hydrogen-bond donors (Lipinski definition) is 0. The summed E-state index contributed by atoms with van der Waals surface area (Å²) in [4.78, 5) is 13.7. The monoisotopic (exact) mass is 385 g/mol. The Hall–Kier alpha value is -2.18. The van der Waals surface area contributed by atoms with E-state index in [0.717, 1.165) is 18.9 Å². The van der Waals surface area contributed by atoms with Crippen LogP contribution in [0, 0.1) is 5.92 Å². The first-order chi connectivity index (χ1) is 12.5. The number of benzene rings is 1. The molecular weight excluding hydrogens is 359 g/mol. The minimum Gasteiger partial charge on any atom is -0.493 e. The molecule has 0 bridgehead atoms. The molecule has 150 valence electrons. The van der Waals surface area contributed by atoms with Gasteiger partial charge in [0.2, 0.25) is 0 Å². The van der Waals surface area contributed by atoms with Gasteiger partial charge in [-0.1, -0.05) is 18.7 Å². The topological polar surface area (TPSA) is 38.8 Å². The molecule has 0 radical (unpaired) electrons. The van der Waals surface area contributed by atoms with Gasteiger partial charge in [0.25, 0.3) is 0 Å². The third-order valence-electron chi connectivity index (χ3n) is 4.30. The van der Waals surface area contributed by atoms with Crippen LogP contribution in [0.2, 0.25) is 0 Å². The van der Waals surface area contributed by atoms with Crippen LogP contribution in [0.15, 0.2) is 24.8 Å². The number of nitrogens with zero attached hydrogens (tertiary/aromatic N) is 1. The lowest BCUT2D eigenvalue weighted by Gasteiger charge is -2.33. The molecule has 1 heterocycles. The van der Waals surface area contributed by atoms with E-state index in [9.17, 15) is 18.0 Å². The summed E-state index contributed by atoms with van der Waals surface area (Å²) in [5, 5.41) is 0. The Morgan fingerprint density at radius 2 is 1.89 bits per heavy atom. The van der Waals surface area contributed by atoms with E-state index < -0.39 is 17.3 Å². The Bertz CT molecular complexity index is 672. The van der Waals surface area contributed by atoms with Crippen molar-refractivity contribution in [3.63, 3.8) is 0 Å². The number of ether oxygens (including phenoxy) is 2. The van der Waals surface area contributed by atoms with Gasteiger partial charge >= 0.3 is 12.3 Å². The highest BCUT2D eigenvalue weighted by Crippen LogP contribution is 2.35. The summed E-state index contributed by atoms with van der Waals surface area (Å²) in [5.74, 6) is 0.361. The number of piperidine rings is 1. The van der Waals surface area contributed by atoms with E-state index in [2.05, 4.69) is 6.58 Å². The highest BCUT2D eigenvalue weighted by Gasteiger charge is 2.33. The zero-order valence-electron chi connectivity index (χ0n) is 15.9. The molecule has 0 atom stereocenters. The van der Waals surface area contributed by atoms with Crippen LogP contribution in [-0.4, -0.2) is 36.3 Å². The highest BCUT2D eigenvalue weighted by molar-refractivity contribution is 5.68. The molecule has 0 unspecified atom stereocenters. The first-order valence-corrected chi connectivity index (χ1v) is 8.94. The second-order valence-corrected chi connectivity index (χ2v) is 7.67. The van der Waals surface area contributed by atoms with E-state index >= 15 is 0 Å². The highest BCUT2D eigenvalue weighted by atomic mass is 19.4. The third kappa shape index (κ3) is 6.19. The molecule has 1 amide bonds. The van der Waals surface area contributed by atoms with Crippen molar-refractivity contribution in [3.05, 3.63) is 35.9 Å². The molecule has 1 aromatic rings. The summed E-state index contributed by atoms with van der Waals surface area (Å²) in [6.45, 7) is 10.3. The largest absolute Gasteiger partial charge is 0.493 e. The van der Waals surface area contributed by atoms with Crippen LogP contribution in [0.1, 0.15) is 44.7 Å². The minimum absolute atomic E-state index is 0.0283. The third-order valence-corrected chi connectivity index (χ3v) is 4.30. The lowest BCUT2D eigenvalue weighted by molar-refractivity contribution is -0.137. The average Bonchev–Trinajstić information content (AvgIpc) is 2.58. The van der Waals surface area contributed by atoms with Crippen molar-refractivity contribution >= 4 is 12.2 Å². The van der Waals surface area contributed by atoms with Crippen molar-refractivity contribution in [2.75, 3.05) is 19.7 Å². The zero-order chi connectivity index (χ0) is 20.2. The molecule has 7 heteroatoms. The van der Waals surface area contributed by atoms with Gasteiger partial charge < -0.3 is 14.4 Å². The number of carbonyl (C=O) groups is 1. The van der Waals surface area contributed by atoms with E-state index in [-0.39, 0.29) is 23.3 Å². The van der Waals surface area contributed by atoms with E-state index in [1.807, 2.05) is 20.8 Å². The van der Waals surface area contributed by atoms with Gasteiger partial charge in [-0.15, -0.1) is 0 Å². The van der Waals surface area contributed by atoms with Crippen molar-refractivity contribution in [1.82, 2.24) is 4.90 Å². The number of rotatable bonds is 4. The zero-order valence-corrected chi connectivity index (χ0v) is 15.9. The van der Waals surface area contributed by atoms with Crippen molar-refractivity contribution in [2.45, 2.75) is 45.4 Å². The second-order valence-electron chi connectivity index (χ2n) is 7.67. The van der Waals surface area contributed by atoms with E-state index in [1.165, 1.54) is 18.2 Å². The molecule has 1 fully saturated rings. The Morgan fingerprint density at radius 1 is 1.26 bits per heavy atom. The van der Waals surface area contributed by atoms with Gasteiger partial charge in [-0.05, 0) is 57.2 Å². The summed E-state index contributed by atoms with van der Waals surface area (Å²) in [6, 6.07) is 3.88. The quantitative estimate of drug-likeness (QED) is 0.699. The Kier molecular flexibility index (Phi) is 6.44. The van der Waals surface area contributed by atoms with Crippen molar-refractivity contribution in [2.24, 2.45) is 5.92 Å². The molecule has 2 rings (SSSR count). The van der Waals surface area contributed by atoms with Crippen molar-refractivity contribution < 1.29 is 27.4 Å². The molecule has 0 aromatic heterocycles. The van der Waals surface area contributed by atoms with E-state index in [0.29, 0.717) is 19.7 Å². The lowest BCUT2D eigenvalue weighted by Crippen LogP contribution is -2.42. The van der Waals surface area contributed by atoms with Gasteiger partial charge in [-0.3, -0.25) is 0 Å². The number of halogens is 3. The van der Waals surface area contributed by atoms with Gasteiger partial charge in [0.05, 0.1) is 12.2 Å². The van der Waals surface area contributed by atoms with Crippen LogP contribution in [0.3, 0.4) is 0 Å². The number of alkyl halides is 3. The second kappa shape index (κ2) is 8.23. The maximum absolute atomic E-state index is 13.1. The Labute approximate surface area is 157 Å². The summed E-state index contributed by atoms with van der Waals surface area (Å²) >= 11 is 0. The molecule has 0 spiro atoms. The van der Waals surface area contributed by atoms with Gasteiger partial charge in [0.1, 0.15) is 11.4 Å². The molecule has 0 aliphatic carbocycles. The van der Waals surface area contributed by atoms with Gasteiger partial charge in [-0.2, -0.15) is 13.2 Å². The number of likely N-dealkylation sites (tertiary alicyclic amines) is 1. The number of carbonyl (C=O) groups excluding carboxylic acids is 1. The molecular formula is C20H26F3NO3. The van der Waals surface area contributed by atoms with Gasteiger partial charge in [0, 0.05) is 13.1 Å². The standard InChI is InChI=1S/C20H26F3NO3/c1-5-15-6-7-16(12-17(15)20(21,22)23)26-13-14-8-10-24(11-9-14)18(25)27-19(2,3)4/h5-7,12,14H,1,8-11,13H2,2-4H3. The maximum atomic E-state index is 13.1. The predicted molar refractivity (Wildman–Crippen MR) is 97.6 cm³/mol. The van der Waals surface area contributed by atoms with Gasteiger partial charge in [-0.25, -0.2) is 4.79 Å². The summed E-state index contributed by atoms with van der Waals surface area (Å²) < 4.78 is 50.2. The fourth-order valence-corrected chi connectivity index (χ4v) is 2.87. The molecule has 0 N–H and O–H groups in total. The number of amides is 1. The molecule has 1 aromatic carbocycles. The SMILES string of the molecule is C=Cc1ccc(OCC2CCN(C(=O)OC(C)(C)C)CC2)cc1C(F)(F)F. The Balaban J connectivity index is 1.88. The molecule has 1 aliphatic rings. The van der Waals surface area contributed by atoms with Crippen LogP contribution in [0.25, 0.3) is 6.08 Å². The molecule has 0 saturated carbocycles. The van der Waals surface area contributed by atoms with E-state index in [1.54, 1.807) is 4.90 Å². The maximum Gasteiger partial charge on any atom is 0.417 e. The molecule has 1 aliphatic heterocycles. The van der Waals surface area contributed by atoms with Crippen molar-refractivity contribution in [3.8, 4) is 5.75 Å². The first-order valence-electron chi connectivity index (χ1n) is 8.94. The van der Waals surface area contributed by atoms with Crippen LogP contribution in [-0.2, 0) is 10.9 Å². The van der Waals surface area contributed by atoms with Crippen LogP contribution >= 0.6 is 0 Å². The molecule has 1 saturated heterocycles. The van der Waals surface area contributed by atoms with Crippen molar-refractivity contribution in [1.29, 1.82) is 0 Å². The predicted octanol–water partition coefficient (Wildman–Crippen LogP) is 5.37. The lowest BCUT2D eigenvalue weighted by atomic mass is 9.98. The Morgan fingerprint density at radius 3 is 2.41 bits per heavy atom. The first kappa shape index (κ1) is 21.1. The smallest absolute Gasteiger partial charge is 0.417 e. The summed E-state index contributed by atoms with van der Waals surface area (Å²) in [5.41, 5.74) is -1.26. The van der Waals surface area contributed by atoms with Crippen LogP contribution in [0.5, 0.6) is 5.75 Å². The fourth-order valence-electron chi connectivity index (χ4n) is 2.87. The fraction of sp³-hybridized carbons (Fsp3) is 0.550. The summed E-state index contributed by atoms with van der Waals surface area (Å²) in [7, 11) is 0. The minimum atomic E-state index is -4.46. The van der Waals surface area contributed by atoms with Crippen LogP contribution < -0.4 is 4.74 Å². The van der Waals surface area contributed by atoms with Crippen LogP contribution in [0.4, 0.5) is 18.0 Å². The average molecular weight is 385 g/mol. The van der Waals surface area contributed by atoms with Gasteiger partial charge in [0.15, 0.2) is 0 Å². The van der Waals surface area contributed by atoms with E-state index in [4.69, 9.17) is 9.47 Å². The normalized spacial score (nSPS) is 16.1. The molecule has 4 nitrogen and oxygen atoms in total. The molecule has 27 heavy (non-hydrogen) atoms. The number of hydrogen-bond acceptors (Lipinski definition) is 3.